The smallest absolute Gasteiger partial charge is 0.191 e. The SMILES string of the molecule is CCNC(=NCc1ccco1)NCCC(C)C. The molecule has 96 valence electrons. The van der Waals surface area contributed by atoms with Crippen LogP contribution in [0.3, 0.4) is 0 Å². The number of nitrogens with one attached hydrogen (secondary N) is 2. The molecule has 1 heterocycles. The minimum absolute atomic E-state index is 0.573. The molecule has 0 bridgehead atoms. The van der Waals surface area contributed by atoms with Gasteiger partial charge in [-0.15, -0.1) is 0 Å². The van der Waals surface area contributed by atoms with E-state index >= 15 is 0 Å². The van der Waals surface area contributed by atoms with Crippen LogP contribution in [0.4, 0.5) is 0 Å². The molecule has 0 amide bonds. The Labute approximate surface area is 104 Å². The minimum Gasteiger partial charge on any atom is -0.467 e. The molecule has 4 nitrogen and oxygen atoms in total. The standard InChI is InChI=1S/C13H23N3O/c1-4-14-13(15-8-7-11(2)3)16-10-12-6-5-9-17-12/h5-6,9,11H,4,7-8,10H2,1-3H3,(H2,14,15,16). The summed E-state index contributed by atoms with van der Waals surface area (Å²) < 4.78 is 5.24. The molecule has 0 aliphatic heterocycles. The number of rotatable bonds is 6. The molecule has 1 rings (SSSR count). The van der Waals surface area contributed by atoms with Gasteiger partial charge < -0.3 is 15.1 Å². The quantitative estimate of drug-likeness (QED) is 0.590. The maximum Gasteiger partial charge on any atom is 0.191 e. The van der Waals surface area contributed by atoms with Crippen LogP contribution >= 0.6 is 0 Å². The Balaban J connectivity index is 2.38. The summed E-state index contributed by atoms with van der Waals surface area (Å²) in [5, 5.41) is 6.53. The third kappa shape index (κ3) is 6.00. The normalized spacial score (nSPS) is 11.9. The molecule has 0 atom stereocenters. The predicted octanol–water partition coefficient (Wildman–Crippen LogP) is 2.38. The molecule has 0 aliphatic carbocycles. The zero-order valence-electron chi connectivity index (χ0n) is 11.0. The van der Waals surface area contributed by atoms with Crippen molar-refractivity contribution in [2.24, 2.45) is 10.9 Å². The Bertz CT molecular complexity index is 317. The Hall–Kier alpha value is -1.45. The Morgan fingerprint density at radius 1 is 1.41 bits per heavy atom. The first-order valence-electron chi connectivity index (χ1n) is 6.27. The first-order chi connectivity index (χ1) is 8.22. The Morgan fingerprint density at radius 2 is 2.24 bits per heavy atom. The van der Waals surface area contributed by atoms with Gasteiger partial charge in [0.1, 0.15) is 12.3 Å². The molecular formula is C13H23N3O. The largest absolute Gasteiger partial charge is 0.467 e. The first-order valence-corrected chi connectivity index (χ1v) is 6.27. The van der Waals surface area contributed by atoms with Crippen LogP contribution in [0.2, 0.25) is 0 Å². The summed E-state index contributed by atoms with van der Waals surface area (Å²) in [6.45, 7) is 8.88. The highest BCUT2D eigenvalue weighted by Crippen LogP contribution is 2.01. The van der Waals surface area contributed by atoms with Crippen LogP contribution in [0.25, 0.3) is 0 Å². The van der Waals surface area contributed by atoms with Gasteiger partial charge in [0.05, 0.1) is 6.26 Å². The lowest BCUT2D eigenvalue weighted by molar-refractivity contribution is 0.511. The van der Waals surface area contributed by atoms with Crippen molar-refractivity contribution in [2.45, 2.75) is 33.7 Å². The summed E-state index contributed by atoms with van der Waals surface area (Å²) >= 11 is 0. The molecule has 1 aromatic heterocycles. The molecule has 2 N–H and O–H groups in total. The summed E-state index contributed by atoms with van der Waals surface area (Å²) in [6.07, 6.45) is 2.81. The minimum atomic E-state index is 0.573. The van der Waals surface area contributed by atoms with Gasteiger partial charge in [0.25, 0.3) is 0 Å². The lowest BCUT2D eigenvalue weighted by Crippen LogP contribution is -2.38. The van der Waals surface area contributed by atoms with Crippen molar-refractivity contribution in [3.8, 4) is 0 Å². The molecule has 0 spiro atoms. The van der Waals surface area contributed by atoms with Crippen molar-refractivity contribution in [3.05, 3.63) is 24.2 Å². The van der Waals surface area contributed by atoms with Crippen LogP contribution in [0.1, 0.15) is 33.0 Å². The van der Waals surface area contributed by atoms with E-state index in [0.29, 0.717) is 12.5 Å². The fourth-order valence-corrected chi connectivity index (χ4v) is 1.38. The molecule has 4 heteroatoms. The van der Waals surface area contributed by atoms with E-state index in [1.807, 2.05) is 12.1 Å². The van der Waals surface area contributed by atoms with E-state index in [2.05, 4.69) is 36.4 Å². The van der Waals surface area contributed by atoms with Crippen molar-refractivity contribution in [1.82, 2.24) is 10.6 Å². The maximum absolute atomic E-state index is 5.24. The van der Waals surface area contributed by atoms with E-state index in [4.69, 9.17) is 4.42 Å². The number of hydrogen-bond acceptors (Lipinski definition) is 2. The highest BCUT2D eigenvalue weighted by Gasteiger charge is 1.99. The topological polar surface area (TPSA) is 49.6 Å². The molecule has 0 saturated heterocycles. The van der Waals surface area contributed by atoms with Crippen molar-refractivity contribution in [1.29, 1.82) is 0 Å². The van der Waals surface area contributed by atoms with E-state index in [-0.39, 0.29) is 0 Å². The second kappa shape index (κ2) is 7.76. The number of aliphatic imine (C=N–C) groups is 1. The van der Waals surface area contributed by atoms with Crippen LogP contribution < -0.4 is 10.6 Å². The number of furan rings is 1. The van der Waals surface area contributed by atoms with Crippen LogP contribution in [-0.2, 0) is 6.54 Å². The first kappa shape index (κ1) is 13.6. The Kier molecular flexibility index (Phi) is 6.22. The molecule has 0 aliphatic rings. The second-order valence-corrected chi connectivity index (χ2v) is 4.38. The van der Waals surface area contributed by atoms with Gasteiger partial charge in [-0.3, -0.25) is 0 Å². The molecule has 0 unspecified atom stereocenters. The zero-order valence-corrected chi connectivity index (χ0v) is 11.0. The van der Waals surface area contributed by atoms with Crippen molar-refractivity contribution < 1.29 is 4.42 Å². The summed E-state index contributed by atoms with van der Waals surface area (Å²) in [4.78, 5) is 4.45. The lowest BCUT2D eigenvalue weighted by Gasteiger charge is -2.11. The summed E-state index contributed by atoms with van der Waals surface area (Å²) in [6, 6.07) is 3.81. The fraction of sp³-hybridized carbons (Fsp3) is 0.615. The Morgan fingerprint density at radius 3 is 2.82 bits per heavy atom. The summed E-state index contributed by atoms with van der Waals surface area (Å²) in [5.41, 5.74) is 0. The summed E-state index contributed by atoms with van der Waals surface area (Å²) in [5.74, 6) is 2.44. The lowest BCUT2D eigenvalue weighted by atomic mass is 10.1. The monoisotopic (exact) mass is 237 g/mol. The van der Waals surface area contributed by atoms with Crippen molar-refractivity contribution in [3.63, 3.8) is 0 Å². The van der Waals surface area contributed by atoms with E-state index in [1.54, 1.807) is 6.26 Å². The van der Waals surface area contributed by atoms with Gasteiger partial charge in [0, 0.05) is 13.1 Å². The fourth-order valence-electron chi connectivity index (χ4n) is 1.38. The van der Waals surface area contributed by atoms with Gasteiger partial charge >= 0.3 is 0 Å². The van der Waals surface area contributed by atoms with Gasteiger partial charge in [-0.1, -0.05) is 13.8 Å². The number of nitrogens with zero attached hydrogens (tertiary/aromatic N) is 1. The van der Waals surface area contributed by atoms with E-state index < -0.39 is 0 Å². The van der Waals surface area contributed by atoms with Crippen LogP contribution in [0.5, 0.6) is 0 Å². The van der Waals surface area contributed by atoms with E-state index in [1.165, 1.54) is 0 Å². The highest BCUT2D eigenvalue weighted by atomic mass is 16.3. The third-order valence-electron chi connectivity index (χ3n) is 2.33. The van der Waals surface area contributed by atoms with Gasteiger partial charge in [0.15, 0.2) is 5.96 Å². The van der Waals surface area contributed by atoms with Crippen molar-refractivity contribution >= 4 is 5.96 Å². The molecule has 1 aromatic rings. The maximum atomic E-state index is 5.24. The van der Waals surface area contributed by atoms with Crippen LogP contribution in [-0.4, -0.2) is 19.0 Å². The van der Waals surface area contributed by atoms with Gasteiger partial charge in [-0.2, -0.15) is 0 Å². The molecule has 0 aromatic carbocycles. The third-order valence-corrected chi connectivity index (χ3v) is 2.33. The number of hydrogen-bond donors (Lipinski definition) is 2. The van der Waals surface area contributed by atoms with E-state index in [0.717, 1.165) is 31.2 Å². The van der Waals surface area contributed by atoms with E-state index in [9.17, 15) is 0 Å². The summed E-state index contributed by atoms with van der Waals surface area (Å²) in [7, 11) is 0. The average molecular weight is 237 g/mol. The highest BCUT2D eigenvalue weighted by molar-refractivity contribution is 5.79. The average Bonchev–Trinajstić information content (AvgIpc) is 2.78. The molecular weight excluding hydrogens is 214 g/mol. The molecule has 0 radical (unpaired) electrons. The number of guanidine groups is 1. The van der Waals surface area contributed by atoms with Crippen LogP contribution in [0.15, 0.2) is 27.8 Å². The second-order valence-electron chi connectivity index (χ2n) is 4.38. The van der Waals surface area contributed by atoms with Crippen molar-refractivity contribution in [2.75, 3.05) is 13.1 Å². The van der Waals surface area contributed by atoms with Crippen LogP contribution in [0, 0.1) is 5.92 Å². The molecule has 0 fully saturated rings. The predicted molar refractivity (Wildman–Crippen MR) is 71.0 cm³/mol. The van der Waals surface area contributed by atoms with Gasteiger partial charge in [-0.05, 0) is 31.4 Å². The van der Waals surface area contributed by atoms with Gasteiger partial charge in [0.2, 0.25) is 0 Å². The zero-order chi connectivity index (χ0) is 12.5. The molecule has 0 saturated carbocycles. The molecule has 17 heavy (non-hydrogen) atoms. The van der Waals surface area contributed by atoms with Gasteiger partial charge in [-0.25, -0.2) is 4.99 Å².